The number of carbonyl (C=O) groups excluding carboxylic acids is 1. The number of nitrogens with zero attached hydrogens (tertiary/aromatic N) is 3. The van der Waals surface area contributed by atoms with Crippen molar-refractivity contribution in [3.8, 4) is 5.19 Å². The number of amides is 1. The van der Waals surface area contributed by atoms with Crippen molar-refractivity contribution in [2.75, 3.05) is 19.7 Å². The number of hydrogen-bond donors (Lipinski definition) is 1. The van der Waals surface area contributed by atoms with Crippen molar-refractivity contribution in [2.24, 2.45) is 11.3 Å². The number of ether oxygens (including phenoxy) is 1. The molecule has 0 unspecified atom stereocenters. The Balaban J connectivity index is 1.13. The fraction of sp³-hybridized carbons (Fsp3) is 0.552. The summed E-state index contributed by atoms with van der Waals surface area (Å²) in [5, 5.41) is 4.50. The van der Waals surface area contributed by atoms with Gasteiger partial charge in [-0.25, -0.2) is 13.8 Å². The first kappa shape index (κ1) is 26.9. The highest BCUT2D eigenvalue weighted by Gasteiger charge is 2.37. The molecule has 0 radical (unpaired) electrons. The van der Waals surface area contributed by atoms with E-state index in [1.54, 1.807) is 6.20 Å². The number of rotatable bonds is 8. The molecule has 1 atom stereocenters. The van der Waals surface area contributed by atoms with Crippen molar-refractivity contribution in [1.29, 1.82) is 0 Å². The molecule has 2 aliphatic rings. The van der Waals surface area contributed by atoms with Crippen molar-refractivity contribution in [1.82, 2.24) is 20.2 Å². The second-order valence-corrected chi connectivity index (χ2v) is 12.4. The zero-order valence-electron chi connectivity index (χ0n) is 22.3. The second kappa shape index (κ2) is 10.8. The van der Waals surface area contributed by atoms with Gasteiger partial charge in [0.15, 0.2) is 6.61 Å². The van der Waals surface area contributed by atoms with E-state index in [2.05, 4.69) is 34.0 Å². The third-order valence-corrected chi connectivity index (χ3v) is 9.38. The minimum absolute atomic E-state index is 0.0244. The minimum Gasteiger partial charge on any atom is -0.464 e. The topological polar surface area (TPSA) is 67.3 Å². The van der Waals surface area contributed by atoms with Gasteiger partial charge in [-0.3, -0.25) is 14.7 Å². The van der Waals surface area contributed by atoms with E-state index in [1.165, 1.54) is 11.3 Å². The molecule has 1 aliphatic carbocycles. The SMILES string of the molecule is C[C@H](CN1CCc2sc(OCC(C)(F)F)nc2C1)C1(C)CCC(NC(=O)c2cccc3ncccc23)CC1. The summed E-state index contributed by atoms with van der Waals surface area (Å²) in [5.74, 6) is -2.40. The number of alkyl halides is 2. The quantitative estimate of drug-likeness (QED) is 0.373. The van der Waals surface area contributed by atoms with E-state index < -0.39 is 12.5 Å². The third kappa shape index (κ3) is 6.15. The summed E-state index contributed by atoms with van der Waals surface area (Å²) in [5.41, 5.74) is 2.68. The number of halogens is 2. The fourth-order valence-electron chi connectivity index (χ4n) is 5.72. The maximum absolute atomic E-state index is 13.2. The van der Waals surface area contributed by atoms with Crippen LogP contribution < -0.4 is 10.1 Å². The fourth-order valence-corrected chi connectivity index (χ4v) is 6.63. The first-order chi connectivity index (χ1) is 18.1. The predicted molar refractivity (Wildman–Crippen MR) is 146 cm³/mol. The largest absolute Gasteiger partial charge is 0.464 e. The lowest BCUT2D eigenvalue weighted by Crippen LogP contribution is -2.44. The normalized spacial score (nSPS) is 23.1. The van der Waals surface area contributed by atoms with Crippen LogP contribution in [0.4, 0.5) is 8.78 Å². The van der Waals surface area contributed by atoms with Crippen molar-refractivity contribution in [3.05, 3.63) is 52.7 Å². The summed E-state index contributed by atoms with van der Waals surface area (Å²) in [6.45, 7) is 7.57. The van der Waals surface area contributed by atoms with Crippen molar-refractivity contribution < 1.29 is 18.3 Å². The number of pyridine rings is 1. The Labute approximate surface area is 226 Å². The summed E-state index contributed by atoms with van der Waals surface area (Å²) in [6, 6.07) is 9.67. The molecule has 38 heavy (non-hydrogen) atoms. The van der Waals surface area contributed by atoms with E-state index >= 15 is 0 Å². The smallest absolute Gasteiger partial charge is 0.278 e. The number of hydrogen-bond acceptors (Lipinski definition) is 6. The van der Waals surface area contributed by atoms with Gasteiger partial charge in [-0.05, 0) is 61.6 Å². The average Bonchev–Trinajstić information content (AvgIpc) is 3.30. The van der Waals surface area contributed by atoms with Gasteiger partial charge >= 0.3 is 0 Å². The molecule has 2 aromatic heterocycles. The predicted octanol–water partition coefficient (Wildman–Crippen LogP) is 6.10. The summed E-state index contributed by atoms with van der Waals surface area (Å²) in [6.07, 6.45) is 6.68. The van der Waals surface area contributed by atoms with E-state index in [4.69, 9.17) is 4.74 Å². The molecule has 6 nitrogen and oxygen atoms in total. The van der Waals surface area contributed by atoms with Gasteiger partial charge in [0.25, 0.3) is 17.0 Å². The molecule has 0 bridgehead atoms. The van der Waals surface area contributed by atoms with Crippen LogP contribution >= 0.6 is 11.3 Å². The van der Waals surface area contributed by atoms with Crippen molar-refractivity contribution in [2.45, 2.75) is 71.4 Å². The molecule has 0 spiro atoms. The third-order valence-electron chi connectivity index (χ3n) is 8.31. The zero-order chi connectivity index (χ0) is 26.9. The number of carbonyl (C=O) groups is 1. The molecule has 1 aromatic carbocycles. The molecule has 0 saturated heterocycles. The summed E-state index contributed by atoms with van der Waals surface area (Å²) in [7, 11) is 0. The van der Waals surface area contributed by atoms with E-state index in [0.29, 0.717) is 16.7 Å². The van der Waals surface area contributed by atoms with Gasteiger partial charge in [0.1, 0.15) is 0 Å². The van der Waals surface area contributed by atoms with Crippen LogP contribution in [0.15, 0.2) is 36.5 Å². The molecule has 3 aromatic rings. The van der Waals surface area contributed by atoms with Gasteiger partial charge in [0.05, 0.1) is 11.2 Å². The lowest BCUT2D eigenvalue weighted by Gasteiger charge is -2.44. The Morgan fingerprint density at radius 2 is 2.08 bits per heavy atom. The summed E-state index contributed by atoms with van der Waals surface area (Å²) < 4.78 is 31.5. The van der Waals surface area contributed by atoms with Crippen LogP contribution in [0, 0.1) is 11.3 Å². The standard InChI is InChI=1S/C29H36F2N4O2S/c1-19(16-35-15-11-25-24(17-35)34-27(38-25)37-18-29(3,30)31)28(2)12-9-20(10-13-28)33-26(36)22-6-4-8-23-21(22)7-5-14-32-23/h4-8,14,19-20H,9-13,15-18H2,1-3H3,(H,33,36)/t19-,20?,28?/m1/s1. The number of nitrogens with one attached hydrogen (secondary N) is 1. The highest BCUT2D eigenvalue weighted by atomic mass is 32.1. The molecule has 1 amide bonds. The van der Waals surface area contributed by atoms with E-state index in [0.717, 1.165) is 80.1 Å². The van der Waals surface area contributed by atoms with Crippen LogP contribution in [0.5, 0.6) is 5.19 Å². The number of benzene rings is 1. The van der Waals surface area contributed by atoms with Gasteiger partial charge < -0.3 is 10.1 Å². The number of fused-ring (bicyclic) bond motifs is 2. The molecule has 1 aliphatic heterocycles. The van der Waals surface area contributed by atoms with Crippen LogP contribution in [0.2, 0.25) is 0 Å². The van der Waals surface area contributed by atoms with Crippen LogP contribution in [0.1, 0.15) is 67.4 Å². The van der Waals surface area contributed by atoms with Crippen molar-refractivity contribution >= 4 is 28.1 Å². The van der Waals surface area contributed by atoms with Gasteiger partial charge in [-0.15, -0.1) is 0 Å². The molecule has 1 fully saturated rings. The lowest BCUT2D eigenvalue weighted by molar-refractivity contribution is -0.0230. The van der Waals surface area contributed by atoms with Gasteiger partial charge in [0, 0.05) is 54.6 Å². The first-order valence-electron chi connectivity index (χ1n) is 13.5. The molecule has 5 rings (SSSR count). The summed E-state index contributed by atoms with van der Waals surface area (Å²) >= 11 is 1.40. The lowest BCUT2D eigenvalue weighted by atomic mass is 9.66. The monoisotopic (exact) mass is 542 g/mol. The molecule has 1 saturated carbocycles. The van der Waals surface area contributed by atoms with Crippen LogP contribution in [0.25, 0.3) is 10.9 Å². The molecule has 3 heterocycles. The Hall–Kier alpha value is -2.65. The Morgan fingerprint density at radius 1 is 1.29 bits per heavy atom. The van der Waals surface area contributed by atoms with Crippen LogP contribution in [0.3, 0.4) is 0 Å². The Bertz CT molecular complexity index is 1280. The molecule has 1 N–H and O–H groups in total. The number of aromatic nitrogens is 2. The van der Waals surface area contributed by atoms with E-state index in [9.17, 15) is 13.6 Å². The minimum atomic E-state index is -2.86. The zero-order valence-corrected chi connectivity index (χ0v) is 23.1. The molecule has 9 heteroatoms. The van der Waals surface area contributed by atoms with Gasteiger partial charge in [-0.1, -0.05) is 37.3 Å². The van der Waals surface area contributed by atoms with E-state index in [-0.39, 0.29) is 17.4 Å². The second-order valence-electron chi connectivity index (χ2n) is 11.4. The van der Waals surface area contributed by atoms with Gasteiger partial charge in [-0.2, -0.15) is 0 Å². The van der Waals surface area contributed by atoms with Crippen molar-refractivity contribution in [3.63, 3.8) is 0 Å². The maximum atomic E-state index is 13.2. The average molecular weight is 543 g/mol. The molecular weight excluding hydrogens is 506 g/mol. The Kier molecular flexibility index (Phi) is 7.69. The highest BCUT2D eigenvalue weighted by Crippen LogP contribution is 2.43. The van der Waals surface area contributed by atoms with Crippen LogP contribution in [-0.4, -0.2) is 52.4 Å². The van der Waals surface area contributed by atoms with Crippen LogP contribution in [-0.2, 0) is 13.0 Å². The first-order valence-corrected chi connectivity index (χ1v) is 14.3. The molecule has 204 valence electrons. The number of thiazole rings is 1. The van der Waals surface area contributed by atoms with E-state index in [1.807, 2.05) is 30.3 Å². The highest BCUT2D eigenvalue weighted by molar-refractivity contribution is 7.13. The van der Waals surface area contributed by atoms with Gasteiger partial charge in [0.2, 0.25) is 0 Å². The Morgan fingerprint density at radius 3 is 2.84 bits per heavy atom. The summed E-state index contributed by atoms with van der Waals surface area (Å²) in [4.78, 5) is 25.5. The maximum Gasteiger partial charge on any atom is 0.278 e. The molecular formula is C29H36F2N4O2S.